The Kier molecular flexibility index (Phi) is 2.97. The van der Waals surface area contributed by atoms with Crippen LogP contribution in [0.15, 0.2) is 42.6 Å². The third-order valence-electron chi connectivity index (χ3n) is 3.56. The maximum Gasteiger partial charge on any atom is 0.140 e. The van der Waals surface area contributed by atoms with Crippen LogP contribution in [-0.4, -0.2) is 9.55 Å². The average molecular weight is 265 g/mol. The molecular weight excluding hydrogens is 246 g/mol. The van der Waals surface area contributed by atoms with E-state index in [9.17, 15) is 0 Å². The summed E-state index contributed by atoms with van der Waals surface area (Å²) in [6.07, 6.45) is 1.72. The summed E-state index contributed by atoms with van der Waals surface area (Å²) in [5.74, 6) is 0. The molecule has 0 bridgehead atoms. The van der Waals surface area contributed by atoms with E-state index in [0.29, 0.717) is 11.7 Å². The second-order valence-corrected chi connectivity index (χ2v) is 5.54. The molecular formula is C17H19N3. The summed E-state index contributed by atoms with van der Waals surface area (Å²) < 4.78 is 2.26. The first kappa shape index (κ1) is 12.7. The number of rotatable bonds is 2. The van der Waals surface area contributed by atoms with Gasteiger partial charge in [0.1, 0.15) is 5.65 Å². The van der Waals surface area contributed by atoms with Crippen molar-refractivity contribution in [2.24, 2.45) is 0 Å². The van der Waals surface area contributed by atoms with Crippen LogP contribution >= 0.6 is 0 Å². The van der Waals surface area contributed by atoms with Gasteiger partial charge in [0.25, 0.3) is 0 Å². The number of anilines is 1. The lowest BCUT2D eigenvalue weighted by molar-refractivity contribution is 0.624. The molecule has 20 heavy (non-hydrogen) atoms. The number of hydrogen-bond acceptors (Lipinski definition) is 2. The van der Waals surface area contributed by atoms with Crippen LogP contribution in [0.4, 0.5) is 5.69 Å². The van der Waals surface area contributed by atoms with Crippen molar-refractivity contribution in [2.45, 2.75) is 26.8 Å². The molecule has 0 atom stereocenters. The summed E-state index contributed by atoms with van der Waals surface area (Å²) in [7, 11) is 0. The Morgan fingerprint density at radius 3 is 2.45 bits per heavy atom. The van der Waals surface area contributed by atoms with Gasteiger partial charge in [0.15, 0.2) is 0 Å². The molecule has 3 aromatic rings. The van der Waals surface area contributed by atoms with Crippen molar-refractivity contribution in [3.05, 3.63) is 48.2 Å². The number of aromatic nitrogens is 2. The van der Waals surface area contributed by atoms with Crippen LogP contribution in [0.25, 0.3) is 22.3 Å². The average Bonchev–Trinajstić information content (AvgIpc) is 2.77. The van der Waals surface area contributed by atoms with Crippen LogP contribution in [0, 0.1) is 6.92 Å². The molecule has 3 rings (SSSR count). The number of hydrogen-bond donors (Lipinski definition) is 1. The van der Waals surface area contributed by atoms with E-state index >= 15 is 0 Å². The van der Waals surface area contributed by atoms with Crippen molar-refractivity contribution in [1.82, 2.24) is 9.55 Å². The Balaban J connectivity index is 2.28. The Hall–Kier alpha value is -2.29. The number of benzene rings is 1. The van der Waals surface area contributed by atoms with Crippen LogP contribution in [0.3, 0.4) is 0 Å². The fourth-order valence-corrected chi connectivity index (χ4v) is 2.60. The summed E-state index contributed by atoms with van der Waals surface area (Å²) in [5.41, 5.74) is 11.2. The fraction of sp³-hybridized carbons (Fsp3) is 0.235. The number of nitrogens with zero attached hydrogens (tertiary/aromatic N) is 2. The first-order valence-electron chi connectivity index (χ1n) is 6.90. The monoisotopic (exact) mass is 265 g/mol. The van der Waals surface area contributed by atoms with Gasteiger partial charge in [-0.15, -0.1) is 0 Å². The van der Waals surface area contributed by atoms with Crippen LogP contribution in [0.1, 0.15) is 25.5 Å². The van der Waals surface area contributed by atoms with Crippen LogP contribution in [0.5, 0.6) is 0 Å². The van der Waals surface area contributed by atoms with Gasteiger partial charge in [0, 0.05) is 11.4 Å². The molecule has 1 aromatic carbocycles. The van der Waals surface area contributed by atoms with E-state index in [-0.39, 0.29) is 0 Å². The number of nitrogen functional groups attached to an aromatic ring is 1. The van der Waals surface area contributed by atoms with Crippen LogP contribution in [-0.2, 0) is 0 Å². The van der Waals surface area contributed by atoms with Crippen molar-refractivity contribution in [1.29, 1.82) is 0 Å². The molecule has 0 unspecified atom stereocenters. The van der Waals surface area contributed by atoms with E-state index in [2.05, 4.69) is 60.7 Å². The fourth-order valence-electron chi connectivity index (χ4n) is 2.60. The van der Waals surface area contributed by atoms with E-state index < -0.39 is 0 Å². The lowest BCUT2D eigenvalue weighted by Gasteiger charge is -2.14. The largest absolute Gasteiger partial charge is 0.397 e. The molecule has 0 aliphatic carbocycles. The molecule has 0 amide bonds. The van der Waals surface area contributed by atoms with Gasteiger partial charge >= 0.3 is 0 Å². The molecule has 0 radical (unpaired) electrons. The predicted octanol–water partition coefficient (Wildman–Crippen LogP) is 4.17. The van der Waals surface area contributed by atoms with Gasteiger partial charge in [0.05, 0.1) is 17.6 Å². The van der Waals surface area contributed by atoms with Gasteiger partial charge in [-0.2, -0.15) is 0 Å². The molecule has 2 aromatic heterocycles. The van der Waals surface area contributed by atoms with E-state index in [1.54, 1.807) is 6.20 Å². The first-order chi connectivity index (χ1) is 9.56. The van der Waals surface area contributed by atoms with Crippen LogP contribution in [0.2, 0.25) is 0 Å². The molecule has 0 spiro atoms. The topological polar surface area (TPSA) is 43.8 Å². The maximum atomic E-state index is 5.85. The van der Waals surface area contributed by atoms with E-state index in [4.69, 9.17) is 5.73 Å². The van der Waals surface area contributed by atoms with Crippen molar-refractivity contribution in [3.8, 4) is 11.3 Å². The van der Waals surface area contributed by atoms with Gasteiger partial charge in [-0.1, -0.05) is 29.8 Å². The zero-order chi connectivity index (χ0) is 14.3. The summed E-state index contributed by atoms with van der Waals surface area (Å²) in [5, 5.41) is 1.09. The summed E-state index contributed by atoms with van der Waals surface area (Å²) in [6, 6.07) is 13.1. The molecule has 3 heteroatoms. The summed E-state index contributed by atoms with van der Waals surface area (Å²) in [4.78, 5) is 4.50. The lowest BCUT2D eigenvalue weighted by Crippen LogP contribution is -2.03. The smallest absolute Gasteiger partial charge is 0.140 e. The summed E-state index contributed by atoms with van der Waals surface area (Å²) >= 11 is 0. The van der Waals surface area contributed by atoms with Gasteiger partial charge < -0.3 is 10.3 Å². The van der Waals surface area contributed by atoms with E-state index in [0.717, 1.165) is 11.0 Å². The zero-order valence-electron chi connectivity index (χ0n) is 12.1. The minimum absolute atomic E-state index is 0.347. The van der Waals surface area contributed by atoms with E-state index in [1.165, 1.54) is 16.8 Å². The number of nitrogens with two attached hydrogens (primary N) is 1. The molecule has 102 valence electrons. The Bertz CT molecular complexity index is 752. The SMILES string of the molecule is Cc1ccc(-c2cc3cc(N)cnc3n2C(C)C)cc1. The lowest BCUT2D eigenvalue weighted by atomic mass is 10.1. The Morgan fingerprint density at radius 2 is 1.80 bits per heavy atom. The highest BCUT2D eigenvalue weighted by Gasteiger charge is 2.14. The third kappa shape index (κ3) is 2.05. The van der Waals surface area contributed by atoms with Crippen molar-refractivity contribution in [3.63, 3.8) is 0 Å². The minimum Gasteiger partial charge on any atom is -0.397 e. The highest BCUT2D eigenvalue weighted by atomic mass is 15.1. The van der Waals surface area contributed by atoms with Gasteiger partial charge in [0.2, 0.25) is 0 Å². The molecule has 0 fully saturated rings. The minimum atomic E-state index is 0.347. The predicted molar refractivity (Wildman–Crippen MR) is 84.7 cm³/mol. The van der Waals surface area contributed by atoms with Gasteiger partial charge in [-0.05, 0) is 38.5 Å². The zero-order valence-corrected chi connectivity index (χ0v) is 12.1. The molecule has 0 saturated heterocycles. The quantitative estimate of drug-likeness (QED) is 0.755. The second kappa shape index (κ2) is 4.67. The first-order valence-corrected chi connectivity index (χ1v) is 6.90. The molecule has 0 aliphatic heterocycles. The Morgan fingerprint density at radius 1 is 1.10 bits per heavy atom. The third-order valence-corrected chi connectivity index (χ3v) is 3.56. The van der Waals surface area contributed by atoms with Gasteiger partial charge in [-0.3, -0.25) is 0 Å². The van der Waals surface area contributed by atoms with Crippen molar-refractivity contribution in [2.75, 3.05) is 5.73 Å². The van der Waals surface area contributed by atoms with E-state index in [1.807, 2.05) is 6.07 Å². The van der Waals surface area contributed by atoms with Crippen molar-refractivity contribution < 1.29 is 0 Å². The standard InChI is InChI=1S/C17H19N3/c1-11(2)20-16(13-6-4-12(3)5-7-13)9-14-8-15(18)10-19-17(14)20/h4-11H,18H2,1-3H3. The molecule has 2 N–H and O–H groups in total. The summed E-state index contributed by atoms with van der Waals surface area (Å²) in [6.45, 7) is 6.45. The number of aryl methyl sites for hydroxylation is 1. The molecule has 3 nitrogen and oxygen atoms in total. The van der Waals surface area contributed by atoms with Gasteiger partial charge in [-0.25, -0.2) is 4.98 Å². The Labute approximate surface area is 119 Å². The highest BCUT2D eigenvalue weighted by Crippen LogP contribution is 2.31. The molecule has 0 saturated carbocycles. The molecule has 2 heterocycles. The number of pyridine rings is 1. The normalized spacial score (nSPS) is 11.4. The second-order valence-electron chi connectivity index (χ2n) is 5.54. The number of fused-ring (bicyclic) bond motifs is 1. The molecule has 0 aliphatic rings. The van der Waals surface area contributed by atoms with Crippen LogP contribution < -0.4 is 5.73 Å². The van der Waals surface area contributed by atoms with Crippen molar-refractivity contribution >= 4 is 16.7 Å². The highest BCUT2D eigenvalue weighted by molar-refractivity contribution is 5.86. The maximum absolute atomic E-state index is 5.85.